The molecular weight excluding hydrogens is 406 g/mol. The molecule has 1 saturated heterocycles. The number of benzene rings is 3. The van der Waals surface area contributed by atoms with Crippen molar-refractivity contribution >= 4 is 23.6 Å². The van der Waals surface area contributed by atoms with Crippen LogP contribution in [0.5, 0.6) is 0 Å². The lowest BCUT2D eigenvalue weighted by molar-refractivity contribution is 0.0949. The molecule has 1 unspecified atom stereocenters. The van der Waals surface area contributed by atoms with Gasteiger partial charge >= 0.3 is 0 Å². The Bertz CT molecular complexity index is 1160. The predicted molar refractivity (Wildman–Crippen MR) is 135 cm³/mol. The maximum atomic E-state index is 12.5. The van der Waals surface area contributed by atoms with Crippen LogP contribution in [0.1, 0.15) is 45.5 Å². The van der Waals surface area contributed by atoms with E-state index in [2.05, 4.69) is 70.9 Å². The van der Waals surface area contributed by atoms with Crippen molar-refractivity contribution in [2.75, 3.05) is 19.6 Å². The first-order chi connectivity index (χ1) is 16.2. The zero-order valence-electron chi connectivity index (χ0n) is 18.7. The third-order valence-electron chi connectivity index (χ3n) is 6.50. The summed E-state index contributed by atoms with van der Waals surface area (Å²) in [4.78, 5) is 14.9. The molecule has 166 valence electrons. The first kappa shape index (κ1) is 21.2. The molecule has 1 atom stereocenters. The second kappa shape index (κ2) is 9.47. The van der Waals surface area contributed by atoms with Gasteiger partial charge in [0.15, 0.2) is 0 Å². The van der Waals surface area contributed by atoms with E-state index in [-0.39, 0.29) is 11.9 Å². The van der Waals surface area contributed by atoms with Gasteiger partial charge in [0.05, 0.1) is 0 Å². The van der Waals surface area contributed by atoms with Crippen molar-refractivity contribution in [2.24, 2.45) is 5.73 Å². The van der Waals surface area contributed by atoms with Crippen molar-refractivity contribution in [3.05, 3.63) is 112 Å². The molecule has 3 aromatic carbocycles. The van der Waals surface area contributed by atoms with Gasteiger partial charge in [-0.1, -0.05) is 78.9 Å². The third kappa shape index (κ3) is 4.48. The smallest absolute Gasteiger partial charge is 0.251 e. The lowest BCUT2D eigenvalue weighted by Gasteiger charge is -2.37. The lowest BCUT2D eigenvalue weighted by atomic mass is 9.87. The van der Waals surface area contributed by atoms with E-state index in [1.54, 1.807) is 0 Å². The second-order valence-electron chi connectivity index (χ2n) is 8.69. The molecule has 0 radical (unpaired) electrons. The van der Waals surface area contributed by atoms with Gasteiger partial charge in [0.1, 0.15) is 0 Å². The van der Waals surface area contributed by atoms with Gasteiger partial charge in [-0.2, -0.15) is 0 Å². The molecule has 1 aliphatic heterocycles. The summed E-state index contributed by atoms with van der Waals surface area (Å²) < 4.78 is 0. The zero-order chi connectivity index (χ0) is 22.6. The summed E-state index contributed by atoms with van der Waals surface area (Å²) in [6, 6.07) is 26.7. The van der Waals surface area contributed by atoms with Crippen molar-refractivity contribution in [1.29, 1.82) is 0 Å². The second-order valence-corrected chi connectivity index (χ2v) is 8.69. The Morgan fingerprint density at radius 3 is 2.15 bits per heavy atom. The van der Waals surface area contributed by atoms with Crippen molar-refractivity contribution in [1.82, 2.24) is 10.2 Å². The summed E-state index contributed by atoms with van der Waals surface area (Å²) in [5.41, 5.74) is 14.6. The normalized spacial score (nSPS) is 17.2. The molecule has 0 aromatic heterocycles. The Kier molecular flexibility index (Phi) is 6.09. The van der Waals surface area contributed by atoms with Crippen molar-refractivity contribution in [2.45, 2.75) is 18.9 Å². The van der Waals surface area contributed by atoms with Gasteiger partial charge in [0.2, 0.25) is 0 Å². The van der Waals surface area contributed by atoms with Crippen LogP contribution in [-0.4, -0.2) is 36.5 Å². The zero-order valence-corrected chi connectivity index (χ0v) is 18.7. The Hall–Kier alpha value is -3.63. The number of piperidine rings is 1. The fraction of sp³-hybridized carbons (Fsp3) is 0.207. The molecule has 33 heavy (non-hydrogen) atoms. The van der Waals surface area contributed by atoms with Gasteiger partial charge in [-0.25, -0.2) is 0 Å². The van der Waals surface area contributed by atoms with Crippen LogP contribution in [0.15, 0.2) is 84.6 Å². The highest BCUT2D eigenvalue weighted by molar-refractivity contribution is 5.95. The van der Waals surface area contributed by atoms with E-state index >= 15 is 0 Å². The van der Waals surface area contributed by atoms with E-state index in [0.29, 0.717) is 12.1 Å². The van der Waals surface area contributed by atoms with E-state index in [4.69, 9.17) is 5.73 Å². The number of fused-ring (bicyclic) bond motifs is 2. The average Bonchev–Trinajstić information content (AvgIpc) is 3.02. The molecule has 5 rings (SSSR count). The van der Waals surface area contributed by atoms with Crippen LogP contribution in [0.2, 0.25) is 0 Å². The summed E-state index contributed by atoms with van der Waals surface area (Å²) in [5, 5.41) is 3.08. The first-order valence-corrected chi connectivity index (χ1v) is 11.6. The molecule has 0 bridgehead atoms. The molecule has 4 nitrogen and oxygen atoms in total. The quantitative estimate of drug-likeness (QED) is 0.485. The highest BCUT2D eigenvalue weighted by Crippen LogP contribution is 2.39. The van der Waals surface area contributed by atoms with E-state index in [0.717, 1.165) is 25.9 Å². The van der Waals surface area contributed by atoms with Crippen LogP contribution in [0, 0.1) is 0 Å². The fourth-order valence-electron chi connectivity index (χ4n) is 4.81. The minimum Gasteiger partial charge on any atom is -0.372 e. The number of hydrogen-bond donors (Lipinski definition) is 2. The number of carbonyl (C=O) groups is 1. The van der Waals surface area contributed by atoms with Gasteiger partial charge in [0.25, 0.3) is 5.91 Å². The Balaban J connectivity index is 1.49. The van der Waals surface area contributed by atoms with Gasteiger partial charge in [-0.3, -0.25) is 4.79 Å². The minimum atomic E-state index is -0.0344. The van der Waals surface area contributed by atoms with Gasteiger partial charge in [-0.15, -0.1) is 0 Å². The molecule has 2 aliphatic rings. The van der Waals surface area contributed by atoms with E-state index in [1.807, 2.05) is 30.3 Å². The summed E-state index contributed by atoms with van der Waals surface area (Å²) in [5.74, 6) is -0.0344. The maximum absolute atomic E-state index is 12.5. The molecule has 0 saturated carbocycles. The van der Waals surface area contributed by atoms with Gasteiger partial charge < -0.3 is 16.0 Å². The number of rotatable bonds is 4. The Morgan fingerprint density at radius 1 is 0.879 bits per heavy atom. The predicted octanol–water partition coefficient (Wildman–Crippen LogP) is 4.78. The molecular formula is C29H29N3O. The van der Waals surface area contributed by atoms with Crippen LogP contribution in [0.25, 0.3) is 17.7 Å². The molecule has 1 fully saturated rings. The third-order valence-corrected chi connectivity index (χ3v) is 6.50. The first-order valence-electron chi connectivity index (χ1n) is 11.6. The van der Waals surface area contributed by atoms with E-state index in [1.165, 1.54) is 33.5 Å². The van der Waals surface area contributed by atoms with Crippen LogP contribution in [-0.2, 0) is 0 Å². The highest BCUT2D eigenvalue weighted by Gasteiger charge is 2.27. The van der Waals surface area contributed by atoms with Crippen molar-refractivity contribution in [3.8, 4) is 0 Å². The summed E-state index contributed by atoms with van der Waals surface area (Å²) in [6.45, 7) is 2.22. The van der Waals surface area contributed by atoms with E-state index in [9.17, 15) is 4.79 Å². The summed E-state index contributed by atoms with van der Waals surface area (Å²) in [7, 11) is 0. The van der Waals surface area contributed by atoms with Crippen molar-refractivity contribution < 1.29 is 4.79 Å². The number of hydrogen-bond acceptors (Lipinski definition) is 3. The SMILES string of the molecule is NC1CCN(CCNC(=O)c2ccccc2)C(=C2c3ccccc3C=Cc3ccccc32)C1. The minimum absolute atomic E-state index is 0.0344. The van der Waals surface area contributed by atoms with Gasteiger partial charge in [0, 0.05) is 48.9 Å². The number of carbonyl (C=O) groups excluding carboxylic acids is 1. The number of nitrogens with zero attached hydrogens (tertiary/aromatic N) is 1. The highest BCUT2D eigenvalue weighted by atomic mass is 16.1. The van der Waals surface area contributed by atoms with Crippen molar-refractivity contribution in [3.63, 3.8) is 0 Å². The molecule has 3 N–H and O–H groups in total. The van der Waals surface area contributed by atoms with Gasteiger partial charge in [-0.05, 0) is 40.8 Å². The monoisotopic (exact) mass is 435 g/mol. The number of nitrogens with one attached hydrogen (secondary N) is 1. The van der Waals surface area contributed by atoms with Crippen LogP contribution in [0.4, 0.5) is 0 Å². The Labute approximate surface area is 195 Å². The summed E-state index contributed by atoms with van der Waals surface area (Å²) in [6.07, 6.45) is 6.18. The average molecular weight is 436 g/mol. The lowest BCUT2D eigenvalue weighted by Crippen LogP contribution is -2.42. The van der Waals surface area contributed by atoms with E-state index < -0.39 is 0 Å². The number of amides is 1. The fourth-order valence-corrected chi connectivity index (χ4v) is 4.81. The van der Waals surface area contributed by atoms with Crippen LogP contribution in [0.3, 0.4) is 0 Å². The Morgan fingerprint density at radius 2 is 1.48 bits per heavy atom. The molecule has 1 aliphatic carbocycles. The van der Waals surface area contributed by atoms with Crippen LogP contribution < -0.4 is 11.1 Å². The molecule has 1 amide bonds. The standard InChI is InChI=1S/C29H29N3O/c30-24-16-18-32(19-17-31-29(33)23-10-2-1-3-11-23)27(20-24)28-25-12-6-4-8-21(25)14-15-22-9-5-7-13-26(22)28/h1-15,24H,16-20,30H2,(H,31,33). The largest absolute Gasteiger partial charge is 0.372 e. The maximum Gasteiger partial charge on any atom is 0.251 e. The van der Waals surface area contributed by atoms with Crippen LogP contribution >= 0.6 is 0 Å². The molecule has 3 aromatic rings. The molecule has 4 heteroatoms. The molecule has 0 spiro atoms. The number of nitrogens with two attached hydrogens (primary N) is 1. The summed E-state index contributed by atoms with van der Waals surface area (Å²) >= 11 is 0. The molecule has 1 heterocycles. The topological polar surface area (TPSA) is 58.4 Å². The number of likely N-dealkylation sites (tertiary alicyclic amines) is 1.